The molecule has 0 aliphatic carbocycles. The second-order valence-corrected chi connectivity index (χ2v) is 5.59. The zero-order valence-electron chi connectivity index (χ0n) is 6.96. The van der Waals surface area contributed by atoms with Crippen LogP contribution in [-0.4, -0.2) is 13.7 Å². The first-order chi connectivity index (χ1) is 6.90. The maximum atomic E-state index is 13.4. The fraction of sp³-hybridized carbons (Fsp3) is 0. The molecule has 0 aromatic heterocycles. The maximum absolute atomic E-state index is 13.4. The van der Waals surface area contributed by atoms with Gasteiger partial charge in [-0.15, -0.1) is 4.40 Å². The molecular weight excluding hydrogens is 311 g/mol. The van der Waals surface area contributed by atoms with Crippen molar-refractivity contribution in [2.45, 2.75) is 4.90 Å². The highest BCUT2D eigenvalue weighted by Gasteiger charge is 2.27. The summed E-state index contributed by atoms with van der Waals surface area (Å²) in [5.74, 6) is -0.712. The number of nitrogens with zero attached hydrogens (tertiary/aromatic N) is 1. The molecule has 80 valence electrons. The molecule has 1 aliphatic heterocycles. The Bertz CT molecular complexity index is 573. The van der Waals surface area contributed by atoms with Crippen LogP contribution >= 0.6 is 27.5 Å². The van der Waals surface area contributed by atoms with Crippen LogP contribution in [0.15, 0.2) is 25.9 Å². The van der Waals surface area contributed by atoms with Crippen molar-refractivity contribution in [1.82, 2.24) is 0 Å². The van der Waals surface area contributed by atoms with E-state index in [0.29, 0.717) is 4.47 Å². The van der Waals surface area contributed by atoms with E-state index in [9.17, 15) is 12.8 Å². The van der Waals surface area contributed by atoms with E-state index in [0.717, 1.165) is 6.07 Å². The van der Waals surface area contributed by atoms with Gasteiger partial charge in [0.1, 0.15) is 10.7 Å². The van der Waals surface area contributed by atoms with Crippen molar-refractivity contribution in [2.75, 3.05) is 5.32 Å². The molecule has 4 nitrogen and oxygen atoms in total. The van der Waals surface area contributed by atoms with Crippen molar-refractivity contribution < 1.29 is 12.8 Å². The van der Waals surface area contributed by atoms with Gasteiger partial charge in [-0.3, -0.25) is 0 Å². The third-order valence-corrected chi connectivity index (χ3v) is 3.76. The lowest BCUT2D eigenvalue weighted by molar-refractivity contribution is 0.593. The third-order valence-electron chi connectivity index (χ3n) is 1.73. The summed E-state index contributed by atoms with van der Waals surface area (Å²) in [5, 5.41) is 1.98. The molecule has 8 heteroatoms. The molecule has 1 N–H and O–H groups in total. The fourth-order valence-electron chi connectivity index (χ4n) is 1.16. The number of sulfonamides is 1. The average Bonchev–Trinajstić information content (AvgIpc) is 2.06. The monoisotopic (exact) mass is 312 g/mol. The van der Waals surface area contributed by atoms with Crippen molar-refractivity contribution in [2.24, 2.45) is 4.40 Å². The lowest BCUT2D eigenvalue weighted by Gasteiger charge is -2.15. The minimum absolute atomic E-state index is 0.182. The van der Waals surface area contributed by atoms with E-state index < -0.39 is 15.8 Å². The summed E-state index contributed by atoms with van der Waals surface area (Å²) in [6.45, 7) is 0. The number of nitrogens with one attached hydrogen (secondary N) is 1. The molecule has 1 aromatic rings. The van der Waals surface area contributed by atoms with Gasteiger partial charge in [0.2, 0.25) is 5.29 Å². The highest BCUT2D eigenvalue weighted by molar-refractivity contribution is 9.10. The van der Waals surface area contributed by atoms with Crippen LogP contribution in [0, 0.1) is 5.82 Å². The summed E-state index contributed by atoms with van der Waals surface area (Å²) in [4.78, 5) is -0.237. The number of amidine groups is 1. The molecule has 0 bridgehead atoms. The van der Waals surface area contributed by atoms with Crippen molar-refractivity contribution in [1.29, 1.82) is 0 Å². The normalized spacial score (nSPS) is 17.7. The number of rotatable bonds is 0. The molecule has 2 rings (SSSR count). The van der Waals surface area contributed by atoms with Crippen LogP contribution < -0.4 is 5.32 Å². The topological polar surface area (TPSA) is 58.5 Å². The van der Waals surface area contributed by atoms with Crippen LogP contribution in [0.2, 0.25) is 0 Å². The average molecular weight is 314 g/mol. The molecule has 0 atom stereocenters. The van der Waals surface area contributed by atoms with Gasteiger partial charge in [-0.05, 0) is 23.7 Å². The zero-order chi connectivity index (χ0) is 11.2. The molecule has 0 unspecified atom stereocenters. The van der Waals surface area contributed by atoms with Crippen LogP contribution in [0.1, 0.15) is 0 Å². The maximum Gasteiger partial charge on any atom is 0.287 e. The van der Waals surface area contributed by atoms with Crippen LogP contribution in [0.3, 0.4) is 0 Å². The minimum Gasteiger partial charge on any atom is -0.326 e. The van der Waals surface area contributed by atoms with Gasteiger partial charge < -0.3 is 5.32 Å². The first kappa shape index (κ1) is 10.8. The van der Waals surface area contributed by atoms with E-state index in [4.69, 9.17) is 11.6 Å². The predicted molar refractivity (Wildman–Crippen MR) is 58.2 cm³/mol. The molecule has 0 saturated carbocycles. The second kappa shape index (κ2) is 3.43. The number of anilines is 1. The molecule has 0 amide bonds. The molecule has 0 fully saturated rings. The quantitative estimate of drug-likeness (QED) is 0.748. The Labute approximate surface area is 98.3 Å². The molecule has 1 aliphatic rings. The van der Waals surface area contributed by atoms with Gasteiger partial charge >= 0.3 is 0 Å². The van der Waals surface area contributed by atoms with Gasteiger partial charge in [-0.2, -0.15) is 8.42 Å². The van der Waals surface area contributed by atoms with Gasteiger partial charge in [-0.25, -0.2) is 4.39 Å². The first-order valence-corrected chi connectivity index (χ1v) is 6.28. The summed E-state index contributed by atoms with van der Waals surface area (Å²) in [5.41, 5.74) is -0.182. The number of benzene rings is 1. The van der Waals surface area contributed by atoms with E-state index >= 15 is 0 Å². The first-order valence-electron chi connectivity index (χ1n) is 3.67. The van der Waals surface area contributed by atoms with Gasteiger partial charge in [0.05, 0.1) is 5.69 Å². The Hall–Kier alpha value is -0.660. The Morgan fingerprint density at radius 2 is 2.13 bits per heavy atom. The molecule has 0 radical (unpaired) electrons. The van der Waals surface area contributed by atoms with E-state index in [1.807, 2.05) is 0 Å². The Morgan fingerprint density at radius 3 is 2.80 bits per heavy atom. The number of fused-ring (bicyclic) bond motifs is 1. The molecule has 1 aromatic carbocycles. The highest BCUT2D eigenvalue weighted by Crippen LogP contribution is 2.33. The Morgan fingerprint density at radius 1 is 1.47 bits per heavy atom. The lowest BCUT2D eigenvalue weighted by atomic mass is 10.3. The fourth-order valence-corrected chi connectivity index (χ4v) is 3.14. The van der Waals surface area contributed by atoms with Gasteiger partial charge in [0.25, 0.3) is 10.0 Å². The summed E-state index contributed by atoms with van der Waals surface area (Å²) < 4.78 is 39.9. The standard InChI is InChI=1S/C7H3BrClFN2O2S/c8-3-1-4(10)6-5(2-3)15(13,14)12-7(9)11-6/h1-2H,(H,11,12). The van der Waals surface area contributed by atoms with Crippen molar-refractivity contribution in [3.63, 3.8) is 0 Å². The summed E-state index contributed by atoms with van der Waals surface area (Å²) >= 11 is 8.42. The van der Waals surface area contributed by atoms with Crippen LogP contribution in [-0.2, 0) is 10.0 Å². The summed E-state index contributed by atoms with van der Waals surface area (Å²) in [6, 6.07) is 2.39. The van der Waals surface area contributed by atoms with Crippen LogP contribution in [0.5, 0.6) is 0 Å². The van der Waals surface area contributed by atoms with Gasteiger partial charge in [-0.1, -0.05) is 15.9 Å². The third kappa shape index (κ3) is 1.86. The highest BCUT2D eigenvalue weighted by atomic mass is 79.9. The van der Waals surface area contributed by atoms with Crippen molar-refractivity contribution in [3.05, 3.63) is 22.4 Å². The number of hydrogen-bond acceptors (Lipinski definition) is 3. The summed E-state index contributed by atoms with van der Waals surface area (Å²) in [6.07, 6.45) is 0. The van der Waals surface area contributed by atoms with Crippen LogP contribution in [0.25, 0.3) is 0 Å². The molecule has 1 heterocycles. The van der Waals surface area contributed by atoms with Crippen molar-refractivity contribution >= 4 is 48.5 Å². The smallest absolute Gasteiger partial charge is 0.287 e. The molecular formula is C7H3BrClFN2O2S. The molecule has 15 heavy (non-hydrogen) atoms. The largest absolute Gasteiger partial charge is 0.326 e. The Kier molecular flexibility index (Phi) is 2.48. The second-order valence-electron chi connectivity index (χ2n) is 2.74. The number of hydrogen-bond donors (Lipinski definition) is 1. The zero-order valence-corrected chi connectivity index (χ0v) is 10.1. The number of halogens is 3. The van der Waals surface area contributed by atoms with E-state index in [1.165, 1.54) is 6.07 Å². The predicted octanol–water partition coefficient (Wildman–Crippen LogP) is 2.30. The van der Waals surface area contributed by atoms with E-state index in [2.05, 4.69) is 25.6 Å². The lowest BCUT2D eigenvalue weighted by Crippen LogP contribution is -2.18. The summed E-state index contributed by atoms with van der Waals surface area (Å²) in [7, 11) is -3.91. The van der Waals surface area contributed by atoms with E-state index in [1.54, 1.807) is 0 Å². The Balaban J connectivity index is 2.80. The SMILES string of the molecule is O=S1(=O)N=C(Cl)Nc2c(F)cc(Br)cc21. The molecule has 0 spiro atoms. The van der Waals surface area contributed by atoms with Gasteiger partial charge in [0, 0.05) is 4.47 Å². The van der Waals surface area contributed by atoms with Crippen molar-refractivity contribution in [3.8, 4) is 0 Å². The minimum atomic E-state index is -3.91. The van der Waals surface area contributed by atoms with E-state index in [-0.39, 0.29) is 15.9 Å². The van der Waals surface area contributed by atoms with Gasteiger partial charge in [0.15, 0.2) is 0 Å². The molecule has 0 saturated heterocycles. The van der Waals surface area contributed by atoms with Crippen LogP contribution in [0.4, 0.5) is 10.1 Å².